The van der Waals surface area contributed by atoms with Gasteiger partial charge in [0.25, 0.3) is 0 Å². The molecular weight excluding hydrogens is 373 g/mol. The van der Waals surface area contributed by atoms with Crippen LogP contribution in [0.4, 0.5) is 4.39 Å². The fourth-order valence-corrected chi connectivity index (χ4v) is 5.40. The van der Waals surface area contributed by atoms with Crippen LogP contribution >= 0.6 is 0 Å². The molecule has 6 heteroatoms. The molecule has 0 N–H and O–H groups in total. The Balaban J connectivity index is 1.50. The topological polar surface area (TPSA) is 55.8 Å². The number of fused-ring (bicyclic) bond motifs is 8. The van der Waals surface area contributed by atoms with Gasteiger partial charge in [-0.15, -0.1) is 0 Å². The van der Waals surface area contributed by atoms with Gasteiger partial charge < -0.3 is 14.4 Å². The highest BCUT2D eigenvalue weighted by Crippen LogP contribution is 2.54. The summed E-state index contributed by atoms with van der Waals surface area (Å²) >= 11 is 0. The minimum atomic E-state index is -0.846. The maximum absolute atomic E-state index is 13.6. The van der Waals surface area contributed by atoms with E-state index in [1.165, 1.54) is 24.3 Å². The Bertz CT molecular complexity index is 1050. The van der Waals surface area contributed by atoms with Gasteiger partial charge in [0, 0.05) is 17.7 Å². The van der Waals surface area contributed by atoms with Gasteiger partial charge in [-0.05, 0) is 41.5 Å². The van der Waals surface area contributed by atoms with Crippen LogP contribution in [0.5, 0.6) is 0 Å². The lowest BCUT2D eigenvalue weighted by atomic mass is 9.75. The SMILES string of the molecule is O=C1C2OCC(O2)[C@@H]2[C@@H]1[C@@H]1c3ccccc3C=CN1[C@@H]2C(=O)c1ccc(F)cc1. The first-order chi connectivity index (χ1) is 14.1. The molecule has 0 aliphatic carbocycles. The summed E-state index contributed by atoms with van der Waals surface area (Å²) in [4.78, 5) is 28.8. The van der Waals surface area contributed by atoms with E-state index in [-0.39, 0.29) is 35.5 Å². The predicted molar refractivity (Wildman–Crippen MR) is 101 cm³/mol. The van der Waals surface area contributed by atoms with Crippen molar-refractivity contribution >= 4 is 17.6 Å². The van der Waals surface area contributed by atoms with E-state index in [1.54, 1.807) is 0 Å². The molecule has 3 fully saturated rings. The smallest absolute Gasteiger partial charge is 0.218 e. The molecule has 2 unspecified atom stereocenters. The monoisotopic (exact) mass is 391 g/mol. The Kier molecular flexibility index (Phi) is 3.58. The molecule has 0 spiro atoms. The van der Waals surface area contributed by atoms with Crippen molar-refractivity contribution in [2.24, 2.45) is 11.8 Å². The van der Waals surface area contributed by atoms with Crippen molar-refractivity contribution < 1.29 is 23.5 Å². The van der Waals surface area contributed by atoms with Crippen molar-refractivity contribution in [1.82, 2.24) is 4.90 Å². The Hall–Kier alpha value is -2.83. The normalized spacial score (nSPS) is 34.0. The number of carbonyl (C=O) groups is 2. The number of Topliss-reactive ketones (excluding diaryl/α,β-unsaturated/α-hetero) is 2. The van der Waals surface area contributed by atoms with Crippen LogP contribution in [-0.4, -0.2) is 41.5 Å². The number of benzene rings is 2. The molecule has 5 nitrogen and oxygen atoms in total. The zero-order valence-corrected chi connectivity index (χ0v) is 15.4. The molecule has 0 saturated carbocycles. The summed E-state index contributed by atoms with van der Waals surface area (Å²) < 4.78 is 24.8. The molecule has 6 atom stereocenters. The average Bonchev–Trinajstić information content (AvgIpc) is 3.33. The molecule has 0 radical (unpaired) electrons. The number of nitrogens with zero attached hydrogens (tertiary/aromatic N) is 1. The van der Waals surface area contributed by atoms with Gasteiger partial charge in [0.2, 0.25) is 6.29 Å². The summed E-state index contributed by atoms with van der Waals surface area (Å²) in [5.74, 6) is -1.33. The fourth-order valence-electron chi connectivity index (χ4n) is 5.40. The van der Waals surface area contributed by atoms with Crippen molar-refractivity contribution in [3.8, 4) is 0 Å². The molecule has 3 saturated heterocycles. The summed E-state index contributed by atoms with van der Waals surface area (Å²) in [7, 11) is 0. The van der Waals surface area contributed by atoms with E-state index in [2.05, 4.69) is 0 Å². The van der Waals surface area contributed by atoms with Gasteiger partial charge in [0.1, 0.15) is 5.82 Å². The quantitative estimate of drug-likeness (QED) is 0.737. The molecule has 2 aromatic carbocycles. The summed E-state index contributed by atoms with van der Waals surface area (Å²) in [5.41, 5.74) is 2.51. The summed E-state index contributed by atoms with van der Waals surface area (Å²) in [6, 6.07) is 12.7. The molecule has 0 amide bonds. The van der Waals surface area contributed by atoms with Gasteiger partial charge in [-0.1, -0.05) is 24.3 Å². The number of carbonyl (C=O) groups excluding carboxylic acids is 2. The second kappa shape index (κ2) is 6.08. The van der Waals surface area contributed by atoms with Crippen LogP contribution in [0.1, 0.15) is 27.5 Å². The predicted octanol–water partition coefficient (Wildman–Crippen LogP) is 2.97. The molecule has 4 heterocycles. The second-order valence-corrected chi connectivity index (χ2v) is 8.00. The molecule has 146 valence electrons. The van der Waals surface area contributed by atoms with E-state index >= 15 is 0 Å². The van der Waals surface area contributed by atoms with Gasteiger partial charge in [-0.3, -0.25) is 9.59 Å². The number of ether oxygens (including phenoxy) is 2. The van der Waals surface area contributed by atoms with Gasteiger partial charge >= 0.3 is 0 Å². The number of rotatable bonds is 2. The Labute approximate surface area is 166 Å². The maximum Gasteiger partial charge on any atom is 0.218 e. The minimum absolute atomic E-state index is 0.0988. The third kappa shape index (κ3) is 2.33. The first kappa shape index (κ1) is 17.1. The van der Waals surface area contributed by atoms with Crippen molar-refractivity contribution in [2.75, 3.05) is 6.61 Å². The molecule has 0 aromatic heterocycles. The lowest BCUT2D eigenvalue weighted by molar-refractivity contribution is -0.164. The van der Waals surface area contributed by atoms with Crippen LogP contribution in [0, 0.1) is 17.7 Å². The number of hydrogen-bond acceptors (Lipinski definition) is 5. The first-order valence-electron chi connectivity index (χ1n) is 9.78. The van der Waals surface area contributed by atoms with E-state index in [0.29, 0.717) is 12.2 Å². The van der Waals surface area contributed by atoms with Crippen molar-refractivity contribution in [3.05, 3.63) is 77.2 Å². The number of hydrogen-bond donors (Lipinski definition) is 0. The third-order valence-electron chi connectivity index (χ3n) is 6.60. The molecular formula is C23H18FNO4. The van der Waals surface area contributed by atoms with E-state index in [9.17, 15) is 14.0 Å². The molecule has 4 aliphatic heterocycles. The molecule has 2 aromatic rings. The van der Waals surface area contributed by atoms with Gasteiger partial charge in [-0.2, -0.15) is 0 Å². The van der Waals surface area contributed by atoms with E-state index < -0.39 is 18.1 Å². The average molecular weight is 391 g/mol. The van der Waals surface area contributed by atoms with Gasteiger partial charge in [-0.25, -0.2) is 4.39 Å². The lowest BCUT2D eigenvalue weighted by Crippen LogP contribution is -2.48. The van der Waals surface area contributed by atoms with E-state index in [4.69, 9.17) is 9.47 Å². The van der Waals surface area contributed by atoms with Crippen LogP contribution in [-0.2, 0) is 14.3 Å². The van der Waals surface area contributed by atoms with E-state index in [1.807, 2.05) is 41.4 Å². The number of ketones is 2. The largest absolute Gasteiger partial charge is 0.359 e. The highest BCUT2D eigenvalue weighted by molar-refractivity contribution is 6.02. The molecule has 2 bridgehead atoms. The summed E-state index contributed by atoms with van der Waals surface area (Å²) in [6.07, 6.45) is 2.73. The van der Waals surface area contributed by atoms with E-state index in [0.717, 1.165) is 11.1 Å². The lowest BCUT2D eigenvalue weighted by Gasteiger charge is -2.34. The van der Waals surface area contributed by atoms with Crippen LogP contribution in [0.3, 0.4) is 0 Å². The van der Waals surface area contributed by atoms with Gasteiger partial charge in [0.15, 0.2) is 11.6 Å². The van der Waals surface area contributed by atoms with Gasteiger partial charge in [0.05, 0.1) is 30.7 Å². The van der Waals surface area contributed by atoms with Crippen LogP contribution < -0.4 is 0 Å². The molecule has 6 rings (SSSR count). The van der Waals surface area contributed by atoms with Crippen molar-refractivity contribution in [1.29, 1.82) is 0 Å². The highest BCUT2D eigenvalue weighted by atomic mass is 19.1. The summed E-state index contributed by atoms with van der Waals surface area (Å²) in [6.45, 7) is 0.302. The maximum atomic E-state index is 13.6. The van der Waals surface area contributed by atoms with Crippen molar-refractivity contribution in [2.45, 2.75) is 24.5 Å². The third-order valence-corrected chi connectivity index (χ3v) is 6.60. The van der Waals surface area contributed by atoms with Crippen LogP contribution in [0.2, 0.25) is 0 Å². The summed E-state index contributed by atoms with van der Waals surface area (Å²) in [5, 5.41) is 0. The standard InChI is InChI=1S/C23H18FNO4/c24-14-7-5-13(6-8-14)21(26)20-17-16-11-28-23(29-16)22(27)18(17)19-15-4-2-1-3-12(15)9-10-25(19)20/h1-10,16-20,23H,11H2/t16?,17-,18-,19+,20+,23?/m1/s1. The zero-order chi connectivity index (χ0) is 19.7. The Morgan fingerprint density at radius 1 is 1.10 bits per heavy atom. The minimum Gasteiger partial charge on any atom is -0.359 e. The Morgan fingerprint density at radius 2 is 1.90 bits per heavy atom. The van der Waals surface area contributed by atoms with Crippen molar-refractivity contribution in [3.63, 3.8) is 0 Å². The fraction of sp³-hybridized carbons (Fsp3) is 0.304. The zero-order valence-electron chi connectivity index (χ0n) is 15.4. The Morgan fingerprint density at radius 3 is 2.72 bits per heavy atom. The highest BCUT2D eigenvalue weighted by Gasteiger charge is 2.63. The molecule has 4 aliphatic rings. The van der Waals surface area contributed by atoms with Crippen LogP contribution in [0.15, 0.2) is 54.7 Å². The molecule has 29 heavy (non-hydrogen) atoms. The first-order valence-corrected chi connectivity index (χ1v) is 9.78. The number of halogens is 1. The second-order valence-electron chi connectivity index (χ2n) is 8.00. The van der Waals surface area contributed by atoms with Crippen LogP contribution in [0.25, 0.3) is 6.08 Å².